The first-order valence-corrected chi connectivity index (χ1v) is 15.6. The molecular weight excluding hydrogens is 470 g/mol. The molecule has 0 N–H and O–H groups in total. The fourth-order valence-electron chi connectivity index (χ4n) is 5.90. The lowest BCUT2D eigenvalue weighted by Gasteiger charge is -2.42. The Morgan fingerprint density at radius 1 is 0.667 bits per heavy atom. The predicted molar refractivity (Wildman–Crippen MR) is 181 cm³/mol. The quantitative estimate of drug-likeness (QED) is 0.309. The topological polar surface area (TPSA) is 6.48 Å². The lowest BCUT2D eigenvalue weighted by molar-refractivity contribution is 0.504. The van der Waals surface area contributed by atoms with Crippen LogP contribution in [0.1, 0.15) is 92.6 Å². The minimum atomic E-state index is 0. The number of anilines is 4. The Morgan fingerprint density at radius 3 is 1.77 bits per heavy atom. The molecule has 0 aromatic heterocycles. The maximum Gasteiger partial charge on any atom is 0.219 e. The van der Waals surface area contributed by atoms with Gasteiger partial charge in [0, 0.05) is 44.8 Å². The molecule has 0 atom stereocenters. The molecule has 1 aliphatic carbocycles. The number of rotatable bonds is 2. The molecule has 1 fully saturated rings. The highest BCUT2D eigenvalue weighted by molar-refractivity contribution is 6.89. The van der Waals surface area contributed by atoms with E-state index in [4.69, 9.17) is 0 Å². The van der Waals surface area contributed by atoms with Crippen LogP contribution in [0.15, 0.2) is 66.7 Å². The first-order valence-electron chi connectivity index (χ1n) is 15.6. The second-order valence-corrected chi connectivity index (χ2v) is 9.43. The molecule has 2 heterocycles. The molecule has 0 unspecified atom stereocenters. The van der Waals surface area contributed by atoms with Gasteiger partial charge in [0.05, 0.1) is 0 Å². The average Bonchev–Trinajstić information content (AvgIpc) is 3.03. The Labute approximate surface area is 243 Å². The summed E-state index contributed by atoms with van der Waals surface area (Å²) in [5, 5.41) is 0. The molecule has 3 aromatic carbocycles. The Hall–Kier alpha value is -2.61. The third kappa shape index (κ3) is 7.96. The molecule has 3 radical (unpaired) electrons. The SMILES string of the molecule is C1CCCCC1.CC.CC.CC.CCc1cccc2c1N(C)c1cccc3c1B2CCN3c1ccccc1.[B]. The minimum Gasteiger partial charge on any atom is -0.345 e. The predicted octanol–water partition coefficient (Wildman–Crippen LogP) is 9.13. The van der Waals surface area contributed by atoms with E-state index >= 15 is 0 Å². The summed E-state index contributed by atoms with van der Waals surface area (Å²) in [6, 6.07) is 24.4. The van der Waals surface area contributed by atoms with Crippen LogP contribution in [-0.2, 0) is 6.42 Å². The highest BCUT2D eigenvalue weighted by Gasteiger charge is 2.38. The van der Waals surface area contributed by atoms with Crippen LogP contribution in [0.4, 0.5) is 22.7 Å². The van der Waals surface area contributed by atoms with E-state index in [1.807, 2.05) is 41.5 Å². The van der Waals surface area contributed by atoms with Crippen LogP contribution in [0, 0.1) is 0 Å². The molecule has 6 rings (SSSR count). The van der Waals surface area contributed by atoms with Crippen molar-refractivity contribution in [2.45, 2.75) is 99.7 Å². The van der Waals surface area contributed by atoms with E-state index in [2.05, 4.69) is 90.5 Å². The zero-order chi connectivity index (χ0) is 27.9. The zero-order valence-corrected chi connectivity index (χ0v) is 26.3. The van der Waals surface area contributed by atoms with Gasteiger partial charge in [0.25, 0.3) is 0 Å². The van der Waals surface area contributed by atoms with Gasteiger partial charge in [-0.25, -0.2) is 0 Å². The van der Waals surface area contributed by atoms with Crippen LogP contribution in [0.2, 0.25) is 6.32 Å². The van der Waals surface area contributed by atoms with Crippen molar-refractivity contribution in [3.8, 4) is 0 Å². The van der Waals surface area contributed by atoms with Gasteiger partial charge in [-0.3, -0.25) is 0 Å². The van der Waals surface area contributed by atoms with Crippen LogP contribution in [-0.4, -0.2) is 28.7 Å². The molecule has 3 aliphatic rings. The van der Waals surface area contributed by atoms with Gasteiger partial charge in [0.1, 0.15) is 0 Å². The number of fused-ring (bicyclic) bond motifs is 2. The molecule has 0 saturated heterocycles. The van der Waals surface area contributed by atoms with Gasteiger partial charge in [-0.1, -0.05) is 135 Å². The molecular formula is C35H53B2N2. The molecule has 1 saturated carbocycles. The summed E-state index contributed by atoms with van der Waals surface area (Å²) >= 11 is 0. The van der Waals surface area contributed by atoms with Gasteiger partial charge in [-0.2, -0.15) is 0 Å². The molecule has 209 valence electrons. The van der Waals surface area contributed by atoms with E-state index in [-0.39, 0.29) is 8.41 Å². The summed E-state index contributed by atoms with van der Waals surface area (Å²) in [6.45, 7) is 15.8. The molecule has 4 heteroatoms. The van der Waals surface area contributed by atoms with Crippen molar-refractivity contribution in [1.82, 2.24) is 0 Å². The summed E-state index contributed by atoms with van der Waals surface area (Å²) in [4.78, 5) is 4.90. The number of hydrogen-bond donors (Lipinski definition) is 0. The van der Waals surface area contributed by atoms with E-state index in [0.717, 1.165) is 19.3 Å². The average molecular weight is 523 g/mol. The van der Waals surface area contributed by atoms with Gasteiger partial charge in [0.2, 0.25) is 6.71 Å². The van der Waals surface area contributed by atoms with Crippen molar-refractivity contribution in [2.24, 2.45) is 0 Å². The van der Waals surface area contributed by atoms with E-state index in [0.29, 0.717) is 6.71 Å². The molecule has 0 spiro atoms. The van der Waals surface area contributed by atoms with Crippen molar-refractivity contribution in [2.75, 3.05) is 23.4 Å². The molecule has 3 aromatic rings. The second-order valence-electron chi connectivity index (χ2n) is 9.43. The summed E-state index contributed by atoms with van der Waals surface area (Å²) in [6.07, 6.45) is 11.2. The monoisotopic (exact) mass is 523 g/mol. The minimum absolute atomic E-state index is 0. The first-order chi connectivity index (χ1) is 18.8. The molecule has 2 aliphatic heterocycles. The van der Waals surface area contributed by atoms with Gasteiger partial charge in [-0.15, -0.1) is 0 Å². The lowest BCUT2D eigenvalue weighted by Crippen LogP contribution is -2.55. The third-order valence-corrected chi connectivity index (χ3v) is 7.51. The second kappa shape index (κ2) is 18.6. The van der Waals surface area contributed by atoms with Gasteiger partial charge < -0.3 is 9.80 Å². The van der Waals surface area contributed by atoms with Crippen molar-refractivity contribution < 1.29 is 0 Å². The third-order valence-electron chi connectivity index (χ3n) is 7.51. The first kappa shape index (κ1) is 34.4. The Balaban J connectivity index is 0.000000501. The lowest BCUT2D eigenvalue weighted by atomic mass is 9.35. The van der Waals surface area contributed by atoms with Crippen molar-refractivity contribution in [1.29, 1.82) is 0 Å². The fraction of sp³-hybridized carbons (Fsp3) is 0.486. The molecule has 39 heavy (non-hydrogen) atoms. The maximum atomic E-state index is 2.48. The summed E-state index contributed by atoms with van der Waals surface area (Å²) in [5.41, 5.74) is 9.88. The molecule has 0 amide bonds. The van der Waals surface area contributed by atoms with Crippen molar-refractivity contribution in [3.63, 3.8) is 0 Å². The normalized spacial score (nSPS) is 14.1. The van der Waals surface area contributed by atoms with E-state index < -0.39 is 0 Å². The summed E-state index contributed by atoms with van der Waals surface area (Å²) < 4.78 is 0. The summed E-state index contributed by atoms with van der Waals surface area (Å²) in [7, 11) is 2.23. The summed E-state index contributed by atoms with van der Waals surface area (Å²) in [5.74, 6) is 0. The van der Waals surface area contributed by atoms with Crippen LogP contribution in [0.25, 0.3) is 0 Å². The van der Waals surface area contributed by atoms with E-state index in [9.17, 15) is 0 Å². The molecule has 0 bridgehead atoms. The smallest absolute Gasteiger partial charge is 0.219 e. The highest BCUT2D eigenvalue weighted by Crippen LogP contribution is 2.37. The standard InChI is InChI=1S/C23H23BN2.C6H12.3C2H6.B/c1-3-17-9-7-12-19-23(17)25(2)20-13-8-14-21-22(20)24(19)15-16-26(21)18-10-5-4-6-11-18;1-2-4-6-5-3-1;3*1-2;/h4-14H,3,15-16H2,1-2H3;1-6H2;3*1-2H3;. The maximum absolute atomic E-state index is 2.48. The number of para-hydroxylation sites is 2. The van der Waals surface area contributed by atoms with Crippen LogP contribution < -0.4 is 20.7 Å². The Bertz CT molecular complexity index is 1050. The van der Waals surface area contributed by atoms with Crippen LogP contribution in [0.5, 0.6) is 0 Å². The zero-order valence-electron chi connectivity index (χ0n) is 26.3. The van der Waals surface area contributed by atoms with Gasteiger partial charge in [0.15, 0.2) is 0 Å². The number of nitrogens with zero attached hydrogens (tertiary/aromatic N) is 2. The number of hydrogen-bond acceptors (Lipinski definition) is 2. The van der Waals surface area contributed by atoms with Crippen LogP contribution >= 0.6 is 0 Å². The number of aryl methyl sites for hydroxylation is 1. The molecule has 2 nitrogen and oxygen atoms in total. The van der Waals surface area contributed by atoms with Crippen molar-refractivity contribution in [3.05, 3.63) is 72.3 Å². The van der Waals surface area contributed by atoms with Gasteiger partial charge >= 0.3 is 0 Å². The largest absolute Gasteiger partial charge is 0.345 e. The van der Waals surface area contributed by atoms with Crippen molar-refractivity contribution >= 4 is 48.8 Å². The highest BCUT2D eigenvalue weighted by atomic mass is 15.2. The van der Waals surface area contributed by atoms with E-state index in [1.165, 1.54) is 77.8 Å². The Morgan fingerprint density at radius 2 is 1.21 bits per heavy atom. The van der Waals surface area contributed by atoms with Gasteiger partial charge in [-0.05, 0) is 48.0 Å². The fourth-order valence-corrected chi connectivity index (χ4v) is 5.90. The Kier molecular flexibility index (Phi) is 16.4. The number of benzene rings is 3. The van der Waals surface area contributed by atoms with E-state index in [1.54, 1.807) is 0 Å². The van der Waals surface area contributed by atoms with Crippen LogP contribution in [0.3, 0.4) is 0 Å².